The average molecular weight is 320 g/mol. The van der Waals surface area contributed by atoms with E-state index in [1.54, 1.807) is 11.3 Å². The summed E-state index contributed by atoms with van der Waals surface area (Å²) in [4.78, 5) is 15.7. The fourth-order valence-corrected chi connectivity index (χ4v) is 4.74. The van der Waals surface area contributed by atoms with Crippen molar-refractivity contribution in [3.8, 4) is 0 Å². The van der Waals surface area contributed by atoms with E-state index >= 15 is 0 Å². The number of hydrogen-bond donors (Lipinski definition) is 2. The van der Waals surface area contributed by atoms with Crippen LogP contribution in [-0.2, 0) is 4.79 Å². The van der Waals surface area contributed by atoms with Gasteiger partial charge in [-0.15, -0.1) is 0 Å². The van der Waals surface area contributed by atoms with Crippen LogP contribution in [0.3, 0.4) is 0 Å². The molecule has 3 heterocycles. The van der Waals surface area contributed by atoms with Gasteiger partial charge in [-0.2, -0.15) is 0 Å². The van der Waals surface area contributed by atoms with Gasteiger partial charge in [-0.1, -0.05) is 23.5 Å². The highest BCUT2D eigenvalue weighted by Crippen LogP contribution is 2.40. The third-order valence-electron chi connectivity index (χ3n) is 4.45. The van der Waals surface area contributed by atoms with Crippen LogP contribution in [0.5, 0.6) is 0 Å². The summed E-state index contributed by atoms with van der Waals surface area (Å²) in [5, 5.41) is 18.0. The second-order valence-corrected chi connectivity index (χ2v) is 6.85. The number of rotatable bonds is 1. The maximum atomic E-state index is 9.98. The molecule has 2 aromatic rings. The minimum atomic E-state index is -0.250. The molecule has 118 valence electrons. The Kier molecular flexibility index (Phi) is 4.59. The van der Waals surface area contributed by atoms with Crippen LogP contribution in [0.2, 0.25) is 0 Å². The van der Waals surface area contributed by atoms with Gasteiger partial charge in [-0.3, -0.25) is 4.79 Å². The molecule has 0 saturated carbocycles. The Morgan fingerprint density at radius 1 is 1.23 bits per heavy atom. The van der Waals surface area contributed by atoms with Gasteiger partial charge in [-0.05, 0) is 44.2 Å². The van der Waals surface area contributed by atoms with Crippen molar-refractivity contribution in [2.24, 2.45) is 0 Å². The van der Waals surface area contributed by atoms with Gasteiger partial charge in [0.05, 0.1) is 16.3 Å². The molecule has 22 heavy (non-hydrogen) atoms. The van der Waals surface area contributed by atoms with Gasteiger partial charge in [0, 0.05) is 12.1 Å². The lowest BCUT2D eigenvalue weighted by Gasteiger charge is -2.47. The van der Waals surface area contributed by atoms with Crippen molar-refractivity contribution < 1.29 is 15.0 Å². The first kappa shape index (κ1) is 15.2. The number of para-hydroxylation sites is 1. The third kappa shape index (κ3) is 2.94. The minimum absolute atomic E-state index is 0.110. The number of benzene rings is 1. The van der Waals surface area contributed by atoms with E-state index in [9.17, 15) is 5.11 Å². The molecule has 0 radical (unpaired) electrons. The highest BCUT2D eigenvalue weighted by atomic mass is 32.1. The number of aliphatic hydroxyl groups is 1. The molecule has 0 amide bonds. The van der Waals surface area contributed by atoms with Crippen LogP contribution in [0.4, 0.5) is 5.13 Å². The monoisotopic (exact) mass is 320 g/mol. The van der Waals surface area contributed by atoms with Crippen LogP contribution in [-0.4, -0.2) is 39.9 Å². The van der Waals surface area contributed by atoms with E-state index in [0.29, 0.717) is 12.1 Å². The van der Waals surface area contributed by atoms with Crippen LogP contribution < -0.4 is 4.90 Å². The number of nitrogens with zero attached hydrogens (tertiary/aromatic N) is 2. The molecular formula is C16H20N2O3S. The van der Waals surface area contributed by atoms with Crippen molar-refractivity contribution in [1.29, 1.82) is 0 Å². The van der Waals surface area contributed by atoms with E-state index in [0.717, 1.165) is 23.5 Å². The second-order valence-electron chi connectivity index (χ2n) is 5.84. The van der Waals surface area contributed by atoms with Gasteiger partial charge < -0.3 is 15.1 Å². The van der Waals surface area contributed by atoms with Crippen LogP contribution in [0.15, 0.2) is 24.3 Å². The smallest absolute Gasteiger partial charge is 0.290 e. The summed E-state index contributed by atoms with van der Waals surface area (Å²) in [5.41, 5.74) is 1.10. The summed E-state index contributed by atoms with van der Waals surface area (Å²) in [6.45, 7) is -0.250. The van der Waals surface area contributed by atoms with E-state index in [2.05, 4.69) is 23.1 Å². The second kappa shape index (κ2) is 6.62. The maximum absolute atomic E-state index is 9.98. The van der Waals surface area contributed by atoms with E-state index in [4.69, 9.17) is 14.9 Å². The molecule has 5 nitrogen and oxygen atoms in total. The first-order chi connectivity index (χ1) is 10.7. The molecule has 2 bridgehead atoms. The first-order valence-corrected chi connectivity index (χ1v) is 8.44. The molecule has 3 atom stereocenters. The van der Waals surface area contributed by atoms with Crippen LogP contribution in [0.25, 0.3) is 10.2 Å². The van der Waals surface area contributed by atoms with Crippen molar-refractivity contribution in [3.63, 3.8) is 0 Å². The van der Waals surface area contributed by atoms with Gasteiger partial charge in [0.15, 0.2) is 5.13 Å². The molecule has 2 aliphatic heterocycles. The fraction of sp³-hybridized carbons (Fsp3) is 0.500. The zero-order valence-corrected chi connectivity index (χ0v) is 13.1. The Hall–Kier alpha value is -1.66. The minimum Gasteiger partial charge on any atom is -0.483 e. The highest BCUT2D eigenvalue weighted by Gasteiger charge is 2.38. The Morgan fingerprint density at radius 2 is 1.86 bits per heavy atom. The van der Waals surface area contributed by atoms with Gasteiger partial charge in [0.2, 0.25) is 0 Å². The van der Waals surface area contributed by atoms with E-state index in [-0.39, 0.29) is 12.6 Å². The van der Waals surface area contributed by atoms with Crippen LogP contribution in [0.1, 0.15) is 32.1 Å². The topological polar surface area (TPSA) is 73.7 Å². The molecule has 0 spiro atoms. The normalized spacial score (nSPS) is 27.1. The Morgan fingerprint density at radius 3 is 2.50 bits per heavy atom. The summed E-state index contributed by atoms with van der Waals surface area (Å²) >= 11 is 1.79. The van der Waals surface area contributed by atoms with E-state index in [1.165, 1.54) is 24.0 Å². The SMILES string of the molecule is O=CO.OC1C[C@H]2CCC[C@@H](C1)N2c1nc2ccccc2s1. The highest BCUT2D eigenvalue weighted by molar-refractivity contribution is 7.22. The standard InChI is InChI=1S/C15H18N2OS.CH2O2/c18-12-8-10-4-3-5-11(9-12)17(10)15-16-13-6-1-2-7-14(13)19-15;2-1-3/h1-2,6-7,10-12,18H,3-5,8-9H2;1H,(H,2,3)/t10-,11+,12?;. The van der Waals surface area contributed by atoms with Crippen molar-refractivity contribution in [1.82, 2.24) is 4.98 Å². The maximum Gasteiger partial charge on any atom is 0.290 e. The van der Waals surface area contributed by atoms with Gasteiger partial charge in [-0.25, -0.2) is 4.98 Å². The molecule has 4 rings (SSSR count). The first-order valence-electron chi connectivity index (χ1n) is 7.62. The number of carbonyl (C=O) groups is 1. The van der Waals surface area contributed by atoms with Crippen molar-refractivity contribution >= 4 is 33.2 Å². The predicted molar refractivity (Wildman–Crippen MR) is 87.5 cm³/mol. The molecule has 1 unspecified atom stereocenters. The van der Waals surface area contributed by atoms with Crippen molar-refractivity contribution in [2.45, 2.75) is 50.3 Å². The van der Waals surface area contributed by atoms with Gasteiger partial charge in [0.25, 0.3) is 6.47 Å². The molecule has 2 aliphatic rings. The average Bonchev–Trinajstić information content (AvgIpc) is 2.90. The zero-order valence-electron chi connectivity index (χ0n) is 12.3. The summed E-state index contributed by atoms with van der Waals surface area (Å²) in [6, 6.07) is 9.33. The van der Waals surface area contributed by atoms with Crippen molar-refractivity contribution in [2.75, 3.05) is 4.90 Å². The van der Waals surface area contributed by atoms with Gasteiger partial charge >= 0.3 is 0 Å². The molecule has 1 aromatic heterocycles. The fourth-order valence-electron chi connectivity index (χ4n) is 3.64. The van der Waals surface area contributed by atoms with Crippen LogP contribution in [0, 0.1) is 0 Å². The summed E-state index contributed by atoms with van der Waals surface area (Å²) < 4.78 is 1.27. The van der Waals surface area contributed by atoms with E-state index < -0.39 is 0 Å². The van der Waals surface area contributed by atoms with E-state index in [1.807, 2.05) is 6.07 Å². The number of carboxylic acid groups (broad SMARTS) is 1. The molecule has 2 saturated heterocycles. The Labute approximate surface area is 133 Å². The molecule has 0 aliphatic carbocycles. The number of aromatic nitrogens is 1. The number of piperidine rings is 2. The summed E-state index contributed by atoms with van der Waals surface area (Å²) in [7, 11) is 0. The third-order valence-corrected chi connectivity index (χ3v) is 5.50. The van der Waals surface area contributed by atoms with Crippen molar-refractivity contribution in [3.05, 3.63) is 24.3 Å². The zero-order chi connectivity index (χ0) is 15.5. The van der Waals surface area contributed by atoms with Crippen LogP contribution >= 0.6 is 11.3 Å². The number of hydrogen-bond acceptors (Lipinski definition) is 5. The molecular weight excluding hydrogens is 300 g/mol. The molecule has 6 heteroatoms. The number of anilines is 1. The lowest BCUT2D eigenvalue weighted by Crippen LogP contribution is -2.53. The molecule has 2 fully saturated rings. The quantitative estimate of drug-likeness (QED) is 0.790. The number of aliphatic hydroxyl groups excluding tert-OH is 1. The number of fused-ring (bicyclic) bond motifs is 3. The van der Waals surface area contributed by atoms with Gasteiger partial charge in [0.1, 0.15) is 0 Å². The molecule has 2 N–H and O–H groups in total. The summed E-state index contributed by atoms with van der Waals surface area (Å²) in [5.74, 6) is 0. The molecule has 1 aromatic carbocycles. The predicted octanol–water partition coefficient (Wildman–Crippen LogP) is 2.88. The Bertz CT molecular complexity index is 598. The number of thiazole rings is 1. The lowest BCUT2D eigenvalue weighted by atomic mass is 9.83. The summed E-state index contributed by atoms with van der Waals surface area (Å²) in [6.07, 6.45) is 5.40. The lowest BCUT2D eigenvalue weighted by molar-refractivity contribution is -0.122. The Balaban J connectivity index is 0.000000446. The largest absolute Gasteiger partial charge is 0.483 e.